The van der Waals surface area contributed by atoms with Crippen LogP contribution >= 0.6 is 0 Å². The van der Waals surface area contributed by atoms with Crippen molar-refractivity contribution in [3.8, 4) is 0 Å². The van der Waals surface area contributed by atoms with Gasteiger partial charge in [0.25, 0.3) is 0 Å². The van der Waals surface area contributed by atoms with Gasteiger partial charge < -0.3 is 5.73 Å². The molecule has 0 aromatic carbocycles. The number of nitrogens with two attached hydrogens (primary N) is 1. The first-order valence-corrected chi connectivity index (χ1v) is 5.76. The average Bonchev–Trinajstić information content (AvgIpc) is 2.65. The summed E-state index contributed by atoms with van der Waals surface area (Å²) in [7, 11) is 0. The summed E-state index contributed by atoms with van der Waals surface area (Å²) in [4.78, 5) is 0. The van der Waals surface area contributed by atoms with E-state index in [9.17, 15) is 0 Å². The molecule has 76 valence electrons. The van der Waals surface area contributed by atoms with Crippen LogP contribution in [0.1, 0.15) is 59.3 Å². The Morgan fingerprint density at radius 1 is 1.15 bits per heavy atom. The molecule has 0 aromatic heterocycles. The van der Waals surface area contributed by atoms with Crippen molar-refractivity contribution in [1.29, 1.82) is 0 Å². The van der Waals surface area contributed by atoms with Crippen LogP contribution in [-0.4, -0.2) is 5.54 Å². The highest BCUT2D eigenvalue weighted by Gasteiger charge is 2.65. The van der Waals surface area contributed by atoms with Crippen LogP contribution in [0.5, 0.6) is 0 Å². The van der Waals surface area contributed by atoms with Crippen molar-refractivity contribution in [2.75, 3.05) is 0 Å². The SMILES string of the molecule is CCC1(C2(C(C)(C)N)CC2)CCC1. The standard InChI is InChI=1S/C12H23N/c1-4-11(6-5-7-11)12(8-9-12)10(2,3)13/h4-9,13H2,1-3H3. The van der Waals surface area contributed by atoms with Gasteiger partial charge in [0.15, 0.2) is 0 Å². The summed E-state index contributed by atoms with van der Waals surface area (Å²) >= 11 is 0. The third kappa shape index (κ3) is 1.03. The van der Waals surface area contributed by atoms with E-state index in [0.717, 1.165) is 0 Å². The molecule has 2 aliphatic carbocycles. The Balaban J connectivity index is 2.23. The molecule has 1 nitrogen and oxygen atoms in total. The Morgan fingerprint density at radius 2 is 1.69 bits per heavy atom. The van der Waals surface area contributed by atoms with Crippen LogP contribution in [-0.2, 0) is 0 Å². The van der Waals surface area contributed by atoms with Crippen molar-refractivity contribution < 1.29 is 0 Å². The Hall–Kier alpha value is -0.0400. The molecule has 2 saturated carbocycles. The summed E-state index contributed by atoms with van der Waals surface area (Å²) in [6, 6.07) is 0. The lowest BCUT2D eigenvalue weighted by Crippen LogP contribution is -2.54. The number of rotatable bonds is 3. The summed E-state index contributed by atoms with van der Waals surface area (Å²) in [6.07, 6.45) is 8.40. The molecule has 0 spiro atoms. The minimum atomic E-state index is 0.0451. The van der Waals surface area contributed by atoms with Gasteiger partial charge >= 0.3 is 0 Å². The normalized spacial score (nSPS) is 29.5. The van der Waals surface area contributed by atoms with E-state index in [4.69, 9.17) is 5.73 Å². The molecule has 13 heavy (non-hydrogen) atoms. The largest absolute Gasteiger partial charge is 0.325 e. The second kappa shape index (κ2) is 2.50. The molecule has 2 fully saturated rings. The fourth-order valence-corrected chi connectivity index (χ4v) is 3.76. The van der Waals surface area contributed by atoms with Crippen molar-refractivity contribution in [3.63, 3.8) is 0 Å². The summed E-state index contributed by atoms with van der Waals surface area (Å²) < 4.78 is 0. The fraction of sp³-hybridized carbons (Fsp3) is 1.00. The Kier molecular flexibility index (Phi) is 1.83. The van der Waals surface area contributed by atoms with Crippen molar-refractivity contribution in [3.05, 3.63) is 0 Å². The quantitative estimate of drug-likeness (QED) is 0.711. The van der Waals surface area contributed by atoms with Gasteiger partial charge in [0, 0.05) is 5.54 Å². The topological polar surface area (TPSA) is 26.0 Å². The van der Waals surface area contributed by atoms with Gasteiger partial charge in [-0.15, -0.1) is 0 Å². The van der Waals surface area contributed by atoms with Gasteiger partial charge in [0.05, 0.1) is 0 Å². The maximum atomic E-state index is 6.35. The average molecular weight is 181 g/mol. The van der Waals surface area contributed by atoms with Gasteiger partial charge in [-0.1, -0.05) is 13.3 Å². The molecule has 2 aliphatic rings. The third-order valence-electron chi connectivity index (χ3n) is 4.99. The number of hydrogen-bond donors (Lipinski definition) is 1. The summed E-state index contributed by atoms with van der Waals surface area (Å²) in [6.45, 7) is 6.82. The lowest BCUT2D eigenvalue weighted by molar-refractivity contribution is -0.0148. The van der Waals surface area contributed by atoms with E-state index < -0.39 is 0 Å². The Bertz CT molecular complexity index is 198. The van der Waals surface area contributed by atoms with Crippen LogP contribution in [0, 0.1) is 10.8 Å². The molecular formula is C12H23N. The van der Waals surface area contributed by atoms with Crippen LogP contribution < -0.4 is 5.73 Å². The zero-order chi connectivity index (χ0) is 9.74. The van der Waals surface area contributed by atoms with Crippen molar-refractivity contribution in [1.82, 2.24) is 0 Å². The molecule has 0 aromatic rings. The van der Waals surface area contributed by atoms with Crippen LogP contribution in [0.4, 0.5) is 0 Å². The molecular weight excluding hydrogens is 158 g/mol. The fourth-order valence-electron chi connectivity index (χ4n) is 3.76. The molecule has 0 heterocycles. The highest BCUT2D eigenvalue weighted by atomic mass is 14.9. The van der Waals surface area contributed by atoms with Gasteiger partial charge in [-0.05, 0) is 56.8 Å². The molecule has 0 bridgehead atoms. The summed E-state index contributed by atoms with van der Waals surface area (Å²) in [5.41, 5.74) is 7.53. The van der Waals surface area contributed by atoms with Crippen molar-refractivity contribution in [2.45, 2.75) is 64.8 Å². The highest BCUT2D eigenvalue weighted by molar-refractivity contribution is 5.18. The van der Waals surface area contributed by atoms with E-state index in [0.29, 0.717) is 10.8 Å². The van der Waals surface area contributed by atoms with E-state index in [1.54, 1.807) is 0 Å². The van der Waals surface area contributed by atoms with Gasteiger partial charge in [-0.2, -0.15) is 0 Å². The predicted molar refractivity (Wildman–Crippen MR) is 56.5 cm³/mol. The van der Waals surface area contributed by atoms with E-state index in [1.807, 2.05) is 0 Å². The van der Waals surface area contributed by atoms with E-state index in [-0.39, 0.29) is 5.54 Å². The molecule has 0 amide bonds. The Morgan fingerprint density at radius 3 is 1.77 bits per heavy atom. The van der Waals surface area contributed by atoms with Crippen molar-refractivity contribution in [2.24, 2.45) is 16.6 Å². The predicted octanol–water partition coefficient (Wildman–Crippen LogP) is 3.08. The third-order valence-corrected chi connectivity index (χ3v) is 4.99. The van der Waals surface area contributed by atoms with E-state index in [1.165, 1.54) is 38.5 Å². The first-order valence-electron chi connectivity index (χ1n) is 5.76. The molecule has 0 saturated heterocycles. The van der Waals surface area contributed by atoms with E-state index >= 15 is 0 Å². The molecule has 1 heteroatoms. The first kappa shape index (κ1) is 9.51. The first-order chi connectivity index (χ1) is 5.97. The second-order valence-corrected chi connectivity index (χ2v) is 5.79. The summed E-state index contributed by atoms with van der Waals surface area (Å²) in [5.74, 6) is 0. The van der Waals surface area contributed by atoms with Crippen molar-refractivity contribution >= 4 is 0 Å². The molecule has 0 aliphatic heterocycles. The highest BCUT2D eigenvalue weighted by Crippen LogP contribution is 2.71. The van der Waals surface area contributed by atoms with Crippen LogP contribution in [0.3, 0.4) is 0 Å². The minimum absolute atomic E-state index is 0.0451. The van der Waals surface area contributed by atoms with Crippen LogP contribution in [0.25, 0.3) is 0 Å². The van der Waals surface area contributed by atoms with Crippen LogP contribution in [0.15, 0.2) is 0 Å². The lowest BCUT2D eigenvalue weighted by Gasteiger charge is -2.53. The minimum Gasteiger partial charge on any atom is -0.325 e. The van der Waals surface area contributed by atoms with Gasteiger partial charge in [0.1, 0.15) is 0 Å². The van der Waals surface area contributed by atoms with Crippen LogP contribution in [0.2, 0.25) is 0 Å². The summed E-state index contributed by atoms with van der Waals surface area (Å²) in [5, 5.41) is 0. The molecule has 2 rings (SSSR count). The maximum absolute atomic E-state index is 6.35. The van der Waals surface area contributed by atoms with Gasteiger partial charge in [0.2, 0.25) is 0 Å². The second-order valence-electron chi connectivity index (χ2n) is 5.79. The smallest absolute Gasteiger partial charge is 0.0159 e. The lowest BCUT2D eigenvalue weighted by atomic mass is 9.53. The molecule has 0 radical (unpaired) electrons. The van der Waals surface area contributed by atoms with E-state index in [2.05, 4.69) is 20.8 Å². The van der Waals surface area contributed by atoms with Gasteiger partial charge in [-0.25, -0.2) is 0 Å². The molecule has 0 atom stereocenters. The zero-order valence-electron chi connectivity index (χ0n) is 9.32. The number of hydrogen-bond acceptors (Lipinski definition) is 1. The van der Waals surface area contributed by atoms with Gasteiger partial charge in [-0.3, -0.25) is 0 Å². The Labute approximate surface area is 82.1 Å². The zero-order valence-corrected chi connectivity index (χ0v) is 9.32. The maximum Gasteiger partial charge on any atom is 0.0159 e. The molecule has 2 N–H and O–H groups in total. The molecule has 0 unspecified atom stereocenters. The monoisotopic (exact) mass is 181 g/mol.